The van der Waals surface area contributed by atoms with Crippen molar-refractivity contribution in [3.8, 4) is 11.4 Å². The molecule has 2 saturated heterocycles. The van der Waals surface area contributed by atoms with E-state index in [1.807, 2.05) is 24.5 Å². The Balaban J connectivity index is 1.61. The molecule has 2 aliphatic heterocycles. The average molecular weight is 393 g/mol. The number of aromatic nitrogens is 4. The fraction of sp³-hybridized carbons (Fsp3) is 0.476. The van der Waals surface area contributed by atoms with E-state index in [-0.39, 0.29) is 6.04 Å². The number of hydrogen-bond donors (Lipinski definition) is 1. The lowest BCUT2D eigenvalue weighted by atomic mass is 10.1. The molecule has 29 heavy (non-hydrogen) atoms. The van der Waals surface area contributed by atoms with Crippen LogP contribution in [0.5, 0.6) is 0 Å². The molecule has 0 amide bonds. The van der Waals surface area contributed by atoms with Crippen LogP contribution in [0.2, 0.25) is 0 Å². The number of anilines is 2. The van der Waals surface area contributed by atoms with E-state index in [0.717, 1.165) is 80.0 Å². The maximum absolute atomic E-state index is 5.64. The van der Waals surface area contributed by atoms with Crippen LogP contribution in [-0.2, 0) is 4.74 Å². The van der Waals surface area contributed by atoms with Crippen molar-refractivity contribution in [2.75, 3.05) is 62.8 Å². The number of pyridine rings is 1. The molecular formula is C21H27N7O. The van der Waals surface area contributed by atoms with Crippen molar-refractivity contribution in [3.63, 3.8) is 0 Å². The summed E-state index contributed by atoms with van der Waals surface area (Å²) >= 11 is 0. The Morgan fingerprint density at radius 3 is 2.72 bits per heavy atom. The van der Waals surface area contributed by atoms with Gasteiger partial charge in [-0.3, -0.25) is 0 Å². The zero-order valence-corrected chi connectivity index (χ0v) is 17.0. The molecule has 3 aromatic rings. The normalized spacial score (nSPS) is 21.1. The molecule has 3 aromatic heterocycles. The Morgan fingerprint density at radius 2 is 1.90 bits per heavy atom. The van der Waals surface area contributed by atoms with E-state index in [1.54, 1.807) is 0 Å². The standard InChI is InChI=1S/C21H27N7O/c1-15-14-29-12-11-28(15)19-13-18(27-9-7-26(2)8-10-27)24-21(25-19)17-4-6-23-20-16(17)3-5-22-20/h3-6,13,15H,7-12,14H2,1-2H3,(H,22,23). The molecule has 0 aliphatic carbocycles. The largest absolute Gasteiger partial charge is 0.377 e. The fourth-order valence-electron chi connectivity index (χ4n) is 4.11. The van der Waals surface area contributed by atoms with Crippen molar-refractivity contribution in [2.24, 2.45) is 0 Å². The number of rotatable bonds is 3. The smallest absolute Gasteiger partial charge is 0.164 e. The van der Waals surface area contributed by atoms with Crippen LogP contribution in [0.25, 0.3) is 22.4 Å². The first kappa shape index (κ1) is 18.3. The van der Waals surface area contributed by atoms with Crippen LogP contribution in [-0.4, -0.2) is 83.9 Å². The highest BCUT2D eigenvalue weighted by Crippen LogP contribution is 2.30. The third-order valence-electron chi connectivity index (χ3n) is 5.89. The topological polar surface area (TPSA) is 73.4 Å². The van der Waals surface area contributed by atoms with Gasteiger partial charge in [0.05, 0.1) is 19.3 Å². The van der Waals surface area contributed by atoms with Crippen LogP contribution in [0.3, 0.4) is 0 Å². The minimum atomic E-state index is 0.288. The van der Waals surface area contributed by atoms with Gasteiger partial charge >= 0.3 is 0 Å². The van der Waals surface area contributed by atoms with Gasteiger partial charge in [-0.25, -0.2) is 15.0 Å². The second kappa shape index (κ2) is 7.61. The summed E-state index contributed by atoms with van der Waals surface area (Å²) in [7, 11) is 2.17. The van der Waals surface area contributed by atoms with Gasteiger partial charge in [0.25, 0.3) is 0 Å². The second-order valence-electron chi connectivity index (χ2n) is 7.91. The number of hydrogen-bond acceptors (Lipinski definition) is 7. The Hall–Kier alpha value is -2.71. The molecule has 5 rings (SSSR count). The van der Waals surface area contributed by atoms with Gasteiger partial charge in [-0.2, -0.15) is 0 Å². The SMILES string of the molecule is CC1COCCN1c1cc(N2CCN(C)CC2)nc(-c2ccnc3[nH]ccc23)n1. The molecule has 0 bridgehead atoms. The fourth-order valence-corrected chi connectivity index (χ4v) is 4.11. The summed E-state index contributed by atoms with van der Waals surface area (Å²) in [6.45, 7) is 8.51. The van der Waals surface area contributed by atoms with Gasteiger partial charge in [0.1, 0.15) is 17.3 Å². The lowest BCUT2D eigenvalue weighted by molar-refractivity contribution is 0.0985. The van der Waals surface area contributed by atoms with Crippen molar-refractivity contribution < 1.29 is 4.74 Å². The van der Waals surface area contributed by atoms with E-state index < -0.39 is 0 Å². The summed E-state index contributed by atoms with van der Waals surface area (Å²) in [4.78, 5) is 24.7. The molecule has 0 aromatic carbocycles. The first-order valence-electron chi connectivity index (χ1n) is 10.3. The van der Waals surface area contributed by atoms with Crippen LogP contribution in [0.4, 0.5) is 11.6 Å². The second-order valence-corrected chi connectivity index (χ2v) is 7.91. The maximum atomic E-state index is 5.64. The van der Waals surface area contributed by atoms with Gasteiger partial charge in [0, 0.05) is 62.1 Å². The van der Waals surface area contributed by atoms with Gasteiger partial charge in [0.15, 0.2) is 5.82 Å². The monoisotopic (exact) mass is 393 g/mol. The number of fused-ring (bicyclic) bond motifs is 1. The summed E-state index contributed by atoms with van der Waals surface area (Å²) in [5.41, 5.74) is 1.87. The van der Waals surface area contributed by atoms with Crippen LogP contribution in [0.15, 0.2) is 30.6 Å². The third-order valence-corrected chi connectivity index (χ3v) is 5.89. The quantitative estimate of drug-likeness (QED) is 0.730. The third kappa shape index (κ3) is 3.54. The van der Waals surface area contributed by atoms with E-state index in [9.17, 15) is 0 Å². The summed E-state index contributed by atoms with van der Waals surface area (Å²) in [5, 5.41) is 1.05. The van der Waals surface area contributed by atoms with Gasteiger partial charge in [0.2, 0.25) is 0 Å². The predicted molar refractivity (Wildman–Crippen MR) is 114 cm³/mol. The summed E-state index contributed by atoms with van der Waals surface area (Å²) in [6.07, 6.45) is 3.73. The van der Waals surface area contributed by atoms with Crippen LogP contribution in [0, 0.1) is 0 Å². The van der Waals surface area contributed by atoms with E-state index in [0.29, 0.717) is 0 Å². The van der Waals surface area contributed by atoms with Gasteiger partial charge in [-0.15, -0.1) is 0 Å². The average Bonchev–Trinajstić information content (AvgIpc) is 3.23. The molecule has 0 radical (unpaired) electrons. The predicted octanol–water partition coefficient (Wildman–Crippen LogP) is 2.00. The number of nitrogens with zero attached hydrogens (tertiary/aromatic N) is 6. The van der Waals surface area contributed by atoms with E-state index in [2.05, 4.69) is 44.7 Å². The molecule has 0 saturated carbocycles. The molecule has 5 heterocycles. The van der Waals surface area contributed by atoms with Crippen LogP contribution in [0.1, 0.15) is 6.92 Å². The van der Waals surface area contributed by atoms with Crippen molar-refractivity contribution in [1.29, 1.82) is 0 Å². The summed E-state index contributed by atoms with van der Waals surface area (Å²) in [6, 6.07) is 6.48. The van der Waals surface area contributed by atoms with Crippen LogP contribution < -0.4 is 9.80 Å². The van der Waals surface area contributed by atoms with E-state index in [1.165, 1.54) is 0 Å². The Kier molecular flexibility index (Phi) is 4.81. The molecule has 1 atom stereocenters. The lowest BCUT2D eigenvalue weighted by Gasteiger charge is -2.36. The first-order chi connectivity index (χ1) is 14.2. The number of likely N-dealkylation sites (N-methyl/N-ethyl adjacent to an activating group) is 1. The summed E-state index contributed by atoms with van der Waals surface area (Å²) < 4.78 is 5.64. The van der Waals surface area contributed by atoms with Crippen molar-refractivity contribution in [3.05, 3.63) is 30.6 Å². The molecule has 8 heteroatoms. The van der Waals surface area contributed by atoms with Crippen molar-refractivity contribution in [1.82, 2.24) is 24.8 Å². The highest BCUT2D eigenvalue weighted by Gasteiger charge is 2.24. The number of ether oxygens (including phenoxy) is 1. The zero-order chi connectivity index (χ0) is 19.8. The number of nitrogens with one attached hydrogen (secondary N) is 1. The summed E-state index contributed by atoms with van der Waals surface area (Å²) in [5.74, 6) is 2.72. The van der Waals surface area contributed by atoms with Gasteiger partial charge in [-0.05, 0) is 26.1 Å². The number of piperazine rings is 1. The van der Waals surface area contributed by atoms with Gasteiger partial charge in [-0.1, -0.05) is 0 Å². The molecule has 2 fully saturated rings. The molecule has 1 unspecified atom stereocenters. The van der Waals surface area contributed by atoms with Crippen LogP contribution >= 0.6 is 0 Å². The van der Waals surface area contributed by atoms with Crippen molar-refractivity contribution in [2.45, 2.75) is 13.0 Å². The lowest BCUT2D eigenvalue weighted by Crippen LogP contribution is -2.46. The highest BCUT2D eigenvalue weighted by atomic mass is 16.5. The molecule has 0 spiro atoms. The number of H-pyrrole nitrogens is 1. The Morgan fingerprint density at radius 1 is 1.07 bits per heavy atom. The zero-order valence-electron chi connectivity index (χ0n) is 17.0. The minimum Gasteiger partial charge on any atom is -0.377 e. The Bertz CT molecular complexity index is 996. The molecular weight excluding hydrogens is 366 g/mol. The Labute approximate surface area is 170 Å². The molecule has 152 valence electrons. The van der Waals surface area contributed by atoms with E-state index >= 15 is 0 Å². The minimum absolute atomic E-state index is 0.288. The molecule has 2 aliphatic rings. The maximum Gasteiger partial charge on any atom is 0.164 e. The first-order valence-corrected chi connectivity index (χ1v) is 10.3. The number of aromatic amines is 1. The van der Waals surface area contributed by atoms with Gasteiger partial charge < -0.3 is 24.4 Å². The highest BCUT2D eigenvalue weighted by molar-refractivity contribution is 5.91. The van der Waals surface area contributed by atoms with Crippen molar-refractivity contribution >= 4 is 22.7 Å². The van der Waals surface area contributed by atoms with E-state index in [4.69, 9.17) is 14.7 Å². The molecule has 8 nitrogen and oxygen atoms in total. The molecule has 1 N–H and O–H groups in total. The number of morpholine rings is 1.